The van der Waals surface area contributed by atoms with Crippen LogP contribution in [0.5, 0.6) is 0 Å². The first-order chi connectivity index (χ1) is 8.09. The average Bonchev–Trinajstić information content (AvgIpc) is 2.19. The van der Waals surface area contributed by atoms with Crippen LogP contribution in [0.4, 0.5) is 14.5 Å². The van der Waals surface area contributed by atoms with Gasteiger partial charge in [-0.15, -0.1) is 0 Å². The Balaban J connectivity index is 2.83. The lowest BCUT2D eigenvalue weighted by Gasteiger charge is -2.07. The van der Waals surface area contributed by atoms with E-state index in [0.29, 0.717) is 0 Å². The Bertz CT molecular complexity index is 643. The summed E-state index contributed by atoms with van der Waals surface area (Å²) in [5, 5.41) is 0. The molecule has 1 N–H and O–H groups in total. The molecule has 0 spiro atoms. The number of hydrogen-bond donors (Lipinski definition) is 1. The third-order valence-corrected chi connectivity index (χ3v) is 4.28. The summed E-state index contributed by atoms with van der Waals surface area (Å²) in [5.74, 6) is -3.73. The summed E-state index contributed by atoms with van der Waals surface area (Å²) in [6.07, 6.45) is 0.878. The fraction of sp³-hybridized carbons (Fsp3) is 0.375. The molecule has 0 saturated carbocycles. The van der Waals surface area contributed by atoms with Gasteiger partial charge in [0.15, 0.2) is 0 Å². The van der Waals surface area contributed by atoms with Crippen molar-refractivity contribution in [3.05, 3.63) is 24.0 Å². The molecule has 0 atom stereocenters. The van der Waals surface area contributed by atoms with Gasteiger partial charge in [0, 0.05) is 6.26 Å². The molecular formula is C8H10F2N2O4S2. The zero-order chi connectivity index (χ0) is 14.0. The minimum absolute atomic E-state index is 0.537. The van der Waals surface area contributed by atoms with Crippen LogP contribution in [-0.2, 0) is 19.9 Å². The lowest BCUT2D eigenvalue weighted by Crippen LogP contribution is -2.23. The molecule has 0 bridgehead atoms. The Morgan fingerprint density at radius 1 is 1.17 bits per heavy atom. The predicted molar refractivity (Wildman–Crippen MR) is 61.3 cm³/mol. The number of aromatic nitrogens is 1. The summed E-state index contributed by atoms with van der Waals surface area (Å²) in [6, 6.07) is 1.63. The van der Waals surface area contributed by atoms with E-state index >= 15 is 0 Å². The monoisotopic (exact) mass is 300 g/mol. The van der Waals surface area contributed by atoms with Crippen molar-refractivity contribution in [1.82, 2.24) is 4.98 Å². The van der Waals surface area contributed by atoms with Gasteiger partial charge in [0.2, 0.25) is 21.9 Å². The van der Waals surface area contributed by atoms with E-state index in [1.807, 2.05) is 0 Å². The number of nitrogens with zero attached hydrogens (tertiary/aromatic N) is 1. The van der Waals surface area contributed by atoms with Crippen LogP contribution in [0.1, 0.15) is 0 Å². The molecule has 18 heavy (non-hydrogen) atoms. The molecule has 0 unspecified atom stereocenters. The molecule has 0 fully saturated rings. The van der Waals surface area contributed by atoms with Gasteiger partial charge in [-0.3, -0.25) is 4.72 Å². The molecule has 1 rings (SSSR count). The maximum Gasteiger partial charge on any atom is 0.239 e. The zero-order valence-corrected chi connectivity index (χ0v) is 10.9. The molecule has 1 aromatic heterocycles. The van der Waals surface area contributed by atoms with E-state index in [-0.39, 0.29) is 0 Å². The van der Waals surface area contributed by atoms with Crippen molar-refractivity contribution >= 4 is 25.5 Å². The first kappa shape index (κ1) is 14.8. The number of rotatable bonds is 5. The molecule has 1 heterocycles. The topological polar surface area (TPSA) is 93.2 Å². The summed E-state index contributed by atoms with van der Waals surface area (Å²) in [7, 11) is -7.49. The SMILES string of the molecule is CS(=O)(=O)CCS(=O)(=O)Nc1ccc(F)nc1F. The molecule has 0 radical (unpaired) electrons. The van der Waals surface area contributed by atoms with Gasteiger partial charge in [0.25, 0.3) is 0 Å². The van der Waals surface area contributed by atoms with Crippen LogP contribution < -0.4 is 4.72 Å². The highest BCUT2D eigenvalue weighted by Crippen LogP contribution is 2.13. The molecular weight excluding hydrogens is 290 g/mol. The minimum Gasteiger partial charge on any atom is -0.279 e. The van der Waals surface area contributed by atoms with Crippen LogP contribution in [0.2, 0.25) is 0 Å². The quantitative estimate of drug-likeness (QED) is 0.781. The van der Waals surface area contributed by atoms with Gasteiger partial charge >= 0.3 is 0 Å². The lowest BCUT2D eigenvalue weighted by molar-refractivity contribution is 0.515. The number of pyridine rings is 1. The fourth-order valence-electron chi connectivity index (χ4n) is 0.968. The van der Waals surface area contributed by atoms with Gasteiger partial charge in [-0.25, -0.2) is 16.8 Å². The third kappa shape index (κ3) is 4.92. The molecule has 0 aliphatic rings. The Labute approximate surface area is 103 Å². The number of anilines is 1. The normalized spacial score (nSPS) is 12.4. The molecule has 0 aliphatic heterocycles. The Morgan fingerprint density at radius 3 is 2.28 bits per heavy atom. The van der Waals surface area contributed by atoms with Crippen LogP contribution in [-0.4, -0.2) is 39.6 Å². The standard InChI is InChI=1S/C8H10F2N2O4S2/c1-17(13,14)4-5-18(15,16)12-6-2-3-7(9)11-8(6)10/h2-3,12H,4-5H2,1H3. The minimum atomic E-state index is -4.03. The van der Waals surface area contributed by atoms with Crippen LogP contribution in [0.25, 0.3) is 0 Å². The first-order valence-corrected chi connectivity index (χ1v) is 8.31. The molecule has 0 amide bonds. The maximum absolute atomic E-state index is 13.1. The summed E-state index contributed by atoms with van der Waals surface area (Å²) in [4.78, 5) is 2.79. The highest BCUT2D eigenvalue weighted by Gasteiger charge is 2.17. The maximum atomic E-state index is 13.1. The van der Waals surface area contributed by atoms with E-state index < -0.39 is 48.9 Å². The van der Waals surface area contributed by atoms with Crippen LogP contribution in [0, 0.1) is 11.9 Å². The van der Waals surface area contributed by atoms with Crippen molar-refractivity contribution < 1.29 is 25.6 Å². The van der Waals surface area contributed by atoms with Crippen molar-refractivity contribution in [3.8, 4) is 0 Å². The van der Waals surface area contributed by atoms with Gasteiger partial charge in [-0.05, 0) is 12.1 Å². The molecule has 102 valence electrons. The van der Waals surface area contributed by atoms with Gasteiger partial charge < -0.3 is 0 Å². The molecule has 1 aromatic rings. The zero-order valence-electron chi connectivity index (χ0n) is 9.22. The van der Waals surface area contributed by atoms with E-state index in [0.717, 1.165) is 18.4 Å². The third-order valence-electron chi connectivity index (χ3n) is 1.80. The average molecular weight is 300 g/mol. The highest BCUT2D eigenvalue weighted by atomic mass is 32.2. The second kappa shape index (κ2) is 5.14. The molecule has 0 aromatic carbocycles. The summed E-state index contributed by atoms with van der Waals surface area (Å²) < 4.78 is 71.8. The summed E-state index contributed by atoms with van der Waals surface area (Å²) in [5.41, 5.74) is -0.537. The van der Waals surface area contributed by atoms with Crippen LogP contribution in [0.15, 0.2) is 12.1 Å². The van der Waals surface area contributed by atoms with Gasteiger partial charge in [-0.1, -0.05) is 0 Å². The van der Waals surface area contributed by atoms with Gasteiger partial charge in [-0.2, -0.15) is 13.8 Å². The van der Waals surface area contributed by atoms with E-state index in [2.05, 4.69) is 4.98 Å². The van der Waals surface area contributed by atoms with Crippen molar-refractivity contribution in [2.45, 2.75) is 0 Å². The number of sulfone groups is 1. The van der Waals surface area contributed by atoms with Crippen molar-refractivity contribution in [1.29, 1.82) is 0 Å². The number of sulfonamides is 1. The summed E-state index contributed by atoms with van der Waals surface area (Å²) in [6.45, 7) is 0. The largest absolute Gasteiger partial charge is 0.279 e. The number of halogens is 2. The van der Waals surface area contributed by atoms with Crippen LogP contribution in [0.3, 0.4) is 0 Å². The molecule has 0 aliphatic carbocycles. The first-order valence-electron chi connectivity index (χ1n) is 4.59. The Hall–Kier alpha value is -1.29. The van der Waals surface area contributed by atoms with E-state index in [1.54, 1.807) is 4.72 Å². The lowest BCUT2D eigenvalue weighted by atomic mass is 10.4. The van der Waals surface area contributed by atoms with Crippen molar-refractivity contribution in [2.75, 3.05) is 22.5 Å². The van der Waals surface area contributed by atoms with E-state index in [4.69, 9.17) is 0 Å². The smallest absolute Gasteiger partial charge is 0.239 e. The Morgan fingerprint density at radius 2 is 1.78 bits per heavy atom. The molecule has 6 nitrogen and oxygen atoms in total. The predicted octanol–water partition coefficient (Wildman–Crippen LogP) is 0.146. The van der Waals surface area contributed by atoms with Gasteiger partial charge in [0.05, 0.1) is 11.5 Å². The van der Waals surface area contributed by atoms with Crippen LogP contribution >= 0.6 is 0 Å². The molecule has 0 saturated heterocycles. The fourth-order valence-corrected chi connectivity index (χ4v) is 3.65. The van der Waals surface area contributed by atoms with Crippen molar-refractivity contribution in [3.63, 3.8) is 0 Å². The van der Waals surface area contributed by atoms with E-state index in [9.17, 15) is 25.6 Å². The van der Waals surface area contributed by atoms with E-state index in [1.165, 1.54) is 0 Å². The number of nitrogens with one attached hydrogen (secondary N) is 1. The van der Waals surface area contributed by atoms with Crippen molar-refractivity contribution in [2.24, 2.45) is 0 Å². The second-order valence-electron chi connectivity index (χ2n) is 3.52. The van der Waals surface area contributed by atoms with Gasteiger partial charge in [0.1, 0.15) is 15.5 Å². The Kier molecular flexibility index (Phi) is 4.22. The second-order valence-corrected chi connectivity index (χ2v) is 7.62. The summed E-state index contributed by atoms with van der Waals surface area (Å²) >= 11 is 0. The number of hydrogen-bond acceptors (Lipinski definition) is 5. The highest BCUT2D eigenvalue weighted by molar-refractivity contribution is 7.95. The molecule has 10 heteroatoms.